The third-order valence-corrected chi connectivity index (χ3v) is 12.0. The molecule has 0 saturated carbocycles. The number of fused-ring (bicyclic) bond motifs is 5. The quantitative estimate of drug-likeness (QED) is 0.173. The number of para-hydroxylation sites is 2. The van der Waals surface area contributed by atoms with Crippen molar-refractivity contribution in [2.45, 2.75) is 25.3 Å². The van der Waals surface area contributed by atoms with Crippen molar-refractivity contribution < 1.29 is 0 Å². The lowest BCUT2D eigenvalue weighted by Crippen LogP contribution is -2.31. The summed E-state index contributed by atoms with van der Waals surface area (Å²) in [5.74, 6) is 0. The molecule has 0 aromatic heterocycles. The second-order valence-corrected chi connectivity index (χ2v) is 15.1. The molecule has 0 spiro atoms. The summed E-state index contributed by atoms with van der Waals surface area (Å²) in [7, 11) is 0. The Labute approximate surface area is 321 Å². The van der Waals surface area contributed by atoms with Crippen LogP contribution < -0.4 is 15.3 Å². The van der Waals surface area contributed by atoms with Crippen LogP contribution in [0.4, 0.5) is 11.4 Å². The highest BCUT2D eigenvalue weighted by atomic mass is 15.2. The SMILES string of the molecule is C1=c2c(-c3ccc4ccccc4c3)c3ccc(-c4ccc(C5Cc6ccccc6N5c5ccccc5)cc4)cc3c(-c3ccc4ccccc4c3)c2=CCC1. The Hall–Kier alpha value is -6.70. The highest BCUT2D eigenvalue weighted by molar-refractivity contribution is 6.09. The number of rotatable bonds is 5. The second kappa shape index (κ2) is 13.0. The fourth-order valence-electron chi connectivity index (χ4n) is 9.36. The lowest BCUT2D eigenvalue weighted by molar-refractivity contribution is 0.743. The maximum atomic E-state index is 2.52. The molecule has 1 atom stereocenters. The first kappa shape index (κ1) is 31.8. The fraction of sp³-hybridized carbons (Fsp3) is 0.0741. The van der Waals surface area contributed by atoms with E-state index in [0.717, 1.165) is 19.3 Å². The smallest absolute Gasteiger partial charge is 0.0632 e. The van der Waals surface area contributed by atoms with Gasteiger partial charge in [0.25, 0.3) is 0 Å². The first-order valence-electron chi connectivity index (χ1n) is 19.6. The van der Waals surface area contributed by atoms with Gasteiger partial charge in [-0.2, -0.15) is 0 Å². The van der Waals surface area contributed by atoms with Gasteiger partial charge < -0.3 is 4.90 Å². The topological polar surface area (TPSA) is 3.24 Å². The summed E-state index contributed by atoms with van der Waals surface area (Å²) in [6, 6.07) is 67.9. The monoisotopic (exact) mass is 701 g/mol. The van der Waals surface area contributed by atoms with Crippen LogP contribution in [-0.2, 0) is 6.42 Å². The van der Waals surface area contributed by atoms with Gasteiger partial charge in [0, 0.05) is 11.4 Å². The summed E-state index contributed by atoms with van der Waals surface area (Å²) in [4.78, 5) is 2.52. The van der Waals surface area contributed by atoms with Crippen LogP contribution in [0.5, 0.6) is 0 Å². The molecule has 0 fully saturated rings. The van der Waals surface area contributed by atoms with E-state index in [2.05, 4.69) is 199 Å². The first-order chi connectivity index (χ1) is 27.3. The molecule has 2 aliphatic rings. The maximum absolute atomic E-state index is 2.52. The van der Waals surface area contributed by atoms with E-state index in [9.17, 15) is 0 Å². The minimum absolute atomic E-state index is 0.243. The molecule has 55 heavy (non-hydrogen) atoms. The summed E-state index contributed by atoms with van der Waals surface area (Å²) >= 11 is 0. The number of hydrogen-bond acceptors (Lipinski definition) is 1. The molecule has 1 heteroatoms. The molecular weight excluding hydrogens is 663 g/mol. The van der Waals surface area contributed by atoms with Crippen LogP contribution >= 0.6 is 0 Å². The Morgan fingerprint density at radius 3 is 1.62 bits per heavy atom. The molecule has 0 saturated heterocycles. The van der Waals surface area contributed by atoms with Crippen LogP contribution in [0.1, 0.15) is 30.0 Å². The summed E-state index contributed by atoms with van der Waals surface area (Å²) in [5.41, 5.74) is 12.9. The summed E-state index contributed by atoms with van der Waals surface area (Å²) in [6.45, 7) is 0. The van der Waals surface area contributed by atoms with Gasteiger partial charge in [-0.25, -0.2) is 0 Å². The Balaban J connectivity index is 1.09. The molecule has 0 amide bonds. The minimum Gasteiger partial charge on any atom is -0.333 e. The average molecular weight is 702 g/mol. The van der Waals surface area contributed by atoms with E-state index >= 15 is 0 Å². The van der Waals surface area contributed by atoms with Crippen LogP contribution in [0.2, 0.25) is 0 Å². The fourth-order valence-corrected chi connectivity index (χ4v) is 9.36. The Bertz CT molecular complexity index is 3060. The van der Waals surface area contributed by atoms with Crippen molar-refractivity contribution in [3.63, 3.8) is 0 Å². The van der Waals surface area contributed by atoms with E-state index in [0.29, 0.717) is 0 Å². The van der Waals surface area contributed by atoms with Crippen molar-refractivity contribution in [2.75, 3.05) is 4.90 Å². The van der Waals surface area contributed by atoms with Crippen molar-refractivity contribution in [1.29, 1.82) is 0 Å². The first-order valence-corrected chi connectivity index (χ1v) is 19.6. The van der Waals surface area contributed by atoms with Crippen LogP contribution in [0, 0.1) is 0 Å². The Morgan fingerprint density at radius 1 is 0.400 bits per heavy atom. The summed E-state index contributed by atoms with van der Waals surface area (Å²) in [6.07, 6.45) is 8.06. The molecule has 9 aromatic rings. The molecule has 1 nitrogen and oxygen atoms in total. The average Bonchev–Trinajstić information content (AvgIpc) is 3.65. The van der Waals surface area contributed by atoms with Gasteiger partial charge in [-0.05, 0) is 143 Å². The zero-order valence-corrected chi connectivity index (χ0v) is 30.6. The standard InChI is InChI=1S/C54H39N/c1-2-17-46(18-3-1)55-51-21-11-8-16-43(51)35-52(55)39-26-22-38(23-27-39)42-30-31-49-50(34-42)54(45-29-25-37-13-5-7-15-41(37)33-45)48-20-10-9-19-47(48)53(49)44-28-24-36-12-4-6-14-40(36)32-44/h1-8,11-34,52H,9-10,35H2. The minimum atomic E-state index is 0.243. The van der Waals surface area contributed by atoms with Gasteiger partial charge in [-0.1, -0.05) is 158 Å². The molecule has 260 valence electrons. The van der Waals surface area contributed by atoms with Gasteiger partial charge in [-0.15, -0.1) is 0 Å². The molecule has 11 rings (SSSR count). The number of benzene rings is 9. The number of hydrogen-bond donors (Lipinski definition) is 0. The molecule has 9 aromatic carbocycles. The molecule has 1 aliphatic heterocycles. The normalized spacial score (nSPS) is 14.8. The van der Waals surface area contributed by atoms with Gasteiger partial charge in [0.15, 0.2) is 0 Å². The number of anilines is 2. The van der Waals surface area contributed by atoms with Crippen molar-refractivity contribution >= 4 is 55.8 Å². The molecule has 1 heterocycles. The van der Waals surface area contributed by atoms with Gasteiger partial charge in [0.2, 0.25) is 0 Å². The van der Waals surface area contributed by atoms with Crippen molar-refractivity contribution in [2.24, 2.45) is 0 Å². The van der Waals surface area contributed by atoms with Crippen LogP contribution in [0.15, 0.2) is 182 Å². The Kier molecular flexibility index (Phi) is 7.52. The van der Waals surface area contributed by atoms with E-state index in [1.165, 1.54) is 98.6 Å². The highest BCUT2D eigenvalue weighted by Gasteiger charge is 2.31. The van der Waals surface area contributed by atoms with E-state index in [1.54, 1.807) is 0 Å². The van der Waals surface area contributed by atoms with Crippen LogP contribution in [-0.4, -0.2) is 0 Å². The predicted octanol–water partition coefficient (Wildman–Crippen LogP) is 12.9. The molecule has 1 aliphatic carbocycles. The van der Waals surface area contributed by atoms with Crippen molar-refractivity contribution in [1.82, 2.24) is 0 Å². The van der Waals surface area contributed by atoms with E-state index in [1.807, 2.05) is 0 Å². The van der Waals surface area contributed by atoms with E-state index in [4.69, 9.17) is 0 Å². The van der Waals surface area contributed by atoms with Crippen molar-refractivity contribution in [3.8, 4) is 33.4 Å². The lowest BCUT2D eigenvalue weighted by atomic mass is 9.84. The second-order valence-electron chi connectivity index (χ2n) is 15.1. The van der Waals surface area contributed by atoms with E-state index in [-0.39, 0.29) is 6.04 Å². The third-order valence-electron chi connectivity index (χ3n) is 12.0. The molecule has 0 N–H and O–H groups in total. The third kappa shape index (κ3) is 5.38. The largest absolute Gasteiger partial charge is 0.333 e. The van der Waals surface area contributed by atoms with E-state index < -0.39 is 0 Å². The Morgan fingerprint density at radius 2 is 0.945 bits per heavy atom. The maximum Gasteiger partial charge on any atom is 0.0632 e. The highest BCUT2D eigenvalue weighted by Crippen LogP contribution is 2.45. The molecule has 0 bridgehead atoms. The number of nitrogens with zero attached hydrogens (tertiary/aromatic N) is 1. The zero-order chi connectivity index (χ0) is 36.3. The zero-order valence-electron chi connectivity index (χ0n) is 30.6. The van der Waals surface area contributed by atoms with Gasteiger partial charge in [-0.3, -0.25) is 0 Å². The lowest BCUT2D eigenvalue weighted by Gasteiger charge is -2.28. The van der Waals surface area contributed by atoms with Gasteiger partial charge in [0.05, 0.1) is 6.04 Å². The van der Waals surface area contributed by atoms with Gasteiger partial charge in [0.1, 0.15) is 0 Å². The molecule has 1 unspecified atom stereocenters. The van der Waals surface area contributed by atoms with Crippen molar-refractivity contribution in [3.05, 3.63) is 204 Å². The molecule has 0 radical (unpaired) electrons. The van der Waals surface area contributed by atoms with Crippen LogP contribution in [0.3, 0.4) is 0 Å². The summed E-state index contributed by atoms with van der Waals surface area (Å²) < 4.78 is 0. The predicted molar refractivity (Wildman–Crippen MR) is 234 cm³/mol. The van der Waals surface area contributed by atoms with Gasteiger partial charge >= 0.3 is 0 Å². The molecular formula is C54H39N. The van der Waals surface area contributed by atoms with Crippen LogP contribution in [0.25, 0.3) is 77.9 Å². The summed E-state index contributed by atoms with van der Waals surface area (Å²) in [5, 5.41) is 10.4.